The number of hydrogen-bond acceptors (Lipinski definition) is 3. The van der Waals surface area contributed by atoms with Gasteiger partial charge in [-0.2, -0.15) is 0 Å². The number of urea groups is 1. The minimum absolute atomic E-state index is 0.111. The number of rotatable bonds is 5. The van der Waals surface area contributed by atoms with Gasteiger partial charge in [-0.05, 0) is 25.1 Å². The highest BCUT2D eigenvalue weighted by molar-refractivity contribution is 6.31. The number of carboxylic acids is 1. The second-order valence-electron chi connectivity index (χ2n) is 4.23. The van der Waals surface area contributed by atoms with Crippen LogP contribution < -0.4 is 10.6 Å². The van der Waals surface area contributed by atoms with Crippen LogP contribution in [-0.4, -0.2) is 48.1 Å². The lowest BCUT2D eigenvalue weighted by atomic mass is 10.2. The van der Waals surface area contributed by atoms with Gasteiger partial charge in [0.1, 0.15) is 6.54 Å². The molecule has 0 fully saturated rings. The van der Waals surface area contributed by atoms with Crippen LogP contribution in [0.1, 0.15) is 17.3 Å². The number of amides is 3. The molecule has 3 amide bonds. The van der Waals surface area contributed by atoms with E-state index in [0.717, 1.165) is 4.90 Å². The molecule has 1 aromatic carbocycles. The minimum Gasteiger partial charge on any atom is -0.478 e. The third-order valence-corrected chi connectivity index (χ3v) is 2.79. The average molecular weight is 314 g/mol. The van der Waals surface area contributed by atoms with Crippen molar-refractivity contribution < 1.29 is 19.5 Å². The number of carbonyl (C=O) groups excluding carboxylic acids is 2. The van der Waals surface area contributed by atoms with Crippen molar-refractivity contribution in [3.05, 3.63) is 28.8 Å². The smallest absolute Gasteiger partial charge is 0.337 e. The average Bonchev–Trinajstić information content (AvgIpc) is 2.40. The molecule has 1 aromatic rings. The predicted octanol–water partition coefficient (Wildman–Crippen LogP) is 1.64. The van der Waals surface area contributed by atoms with E-state index >= 15 is 0 Å². The lowest BCUT2D eigenvalue weighted by molar-refractivity contribution is -0.121. The number of nitrogens with zero attached hydrogens (tertiary/aromatic N) is 1. The largest absolute Gasteiger partial charge is 0.478 e. The zero-order valence-electron chi connectivity index (χ0n) is 11.6. The van der Waals surface area contributed by atoms with E-state index in [1.165, 1.54) is 25.2 Å². The van der Waals surface area contributed by atoms with Gasteiger partial charge in [0.05, 0.1) is 11.3 Å². The normalized spacial score (nSPS) is 9.86. The number of nitrogens with one attached hydrogen (secondary N) is 2. The molecule has 0 aromatic heterocycles. The van der Waals surface area contributed by atoms with Crippen molar-refractivity contribution in [3.63, 3.8) is 0 Å². The van der Waals surface area contributed by atoms with Crippen LogP contribution >= 0.6 is 11.6 Å². The zero-order chi connectivity index (χ0) is 16.0. The fraction of sp³-hybridized carbons (Fsp3) is 0.308. The molecule has 0 unspecified atom stereocenters. The van der Waals surface area contributed by atoms with E-state index in [4.69, 9.17) is 16.7 Å². The third kappa shape index (κ3) is 4.96. The van der Waals surface area contributed by atoms with Crippen LogP contribution in [0.15, 0.2) is 18.2 Å². The second kappa shape index (κ2) is 7.49. The van der Waals surface area contributed by atoms with E-state index in [2.05, 4.69) is 10.6 Å². The number of carbonyl (C=O) groups is 3. The Morgan fingerprint density at radius 3 is 2.57 bits per heavy atom. The molecule has 8 heteroatoms. The lowest BCUT2D eigenvalue weighted by Gasteiger charge is -2.18. The summed E-state index contributed by atoms with van der Waals surface area (Å²) in [5.41, 5.74) is -0.0121. The molecule has 0 saturated heterocycles. The molecule has 3 N–H and O–H groups in total. The van der Waals surface area contributed by atoms with Gasteiger partial charge >= 0.3 is 12.0 Å². The van der Waals surface area contributed by atoms with Gasteiger partial charge in [-0.25, -0.2) is 9.59 Å². The Morgan fingerprint density at radius 1 is 1.33 bits per heavy atom. The standard InChI is InChI=1S/C13H16ClN3O4/c1-3-15-11(18)7-17(2)13(21)16-10-5-4-8(14)6-9(10)12(19)20/h4-6H,3,7H2,1-2H3,(H,15,18)(H,16,21)(H,19,20). The first-order valence-corrected chi connectivity index (χ1v) is 6.54. The van der Waals surface area contributed by atoms with Gasteiger partial charge in [-0.1, -0.05) is 11.6 Å². The van der Waals surface area contributed by atoms with Gasteiger partial charge in [0.15, 0.2) is 0 Å². The van der Waals surface area contributed by atoms with E-state index in [-0.39, 0.29) is 28.7 Å². The highest BCUT2D eigenvalue weighted by Crippen LogP contribution is 2.21. The highest BCUT2D eigenvalue weighted by Gasteiger charge is 2.16. The van der Waals surface area contributed by atoms with Crippen molar-refractivity contribution in [1.29, 1.82) is 0 Å². The van der Waals surface area contributed by atoms with E-state index in [1.54, 1.807) is 6.92 Å². The Balaban J connectivity index is 2.79. The summed E-state index contributed by atoms with van der Waals surface area (Å²) in [6.45, 7) is 2.11. The van der Waals surface area contributed by atoms with Crippen LogP contribution in [0.2, 0.25) is 5.02 Å². The summed E-state index contributed by atoms with van der Waals surface area (Å²) in [6, 6.07) is 3.51. The first-order valence-electron chi connectivity index (χ1n) is 6.16. The number of carboxylic acid groups (broad SMARTS) is 1. The maximum atomic E-state index is 11.9. The summed E-state index contributed by atoms with van der Waals surface area (Å²) in [4.78, 5) is 35.6. The molecule has 0 bridgehead atoms. The van der Waals surface area contributed by atoms with E-state index < -0.39 is 12.0 Å². The van der Waals surface area contributed by atoms with Crippen molar-refractivity contribution in [2.24, 2.45) is 0 Å². The molecule has 0 saturated carbocycles. The fourth-order valence-electron chi connectivity index (χ4n) is 1.55. The van der Waals surface area contributed by atoms with Gasteiger partial charge in [-0.3, -0.25) is 4.79 Å². The Labute approximate surface area is 126 Å². The molecule has 0 aliphatic carbocycles. The van der Waals surface area contributed by atoms with Crippen LogP contribution in [0, 0.1) is 0 Å². The molecule has 0 aliphatic rings. The molecule has 0 aliphatic heterocycles. The molecule has 0 radical (unpaired) electrons. The molecule has 7 nitrogen and oxygen atoms in total. The molecule has 114 valence electrons. The topological polar surface area (TPSA) is 98.7 Å². The monoisotopic (exact) mass is 313 g/mol. The number of likely N-dealkylation sites (N-methyl/N-ethyl adjacent to an activating group) is 2. The maximum Gasteiger partial charge on any atom is 0.337 e. The Morgan fingerprint density at radius 2 is 2.00 bits per heavy atom. The Kier molecular flexibility index (Phi) is 5.98. The lowest BCUT2D eigenvalue weighted by Crippen LogP contribution is -2.40. The predicted molar refractivity (Wildman–Crippen MR) is 78.7 cm³/mol. The van der Waals surface area contributed by atoms with Crippen LogP contribution in [0.3, 0.4) is 0 Å². The summed E-state index contributed by atoms with van der Waals surface area (Å²) in [7, 11) is 1.43. The van der Waals surface area contributed by atoms with Crippen LogP contribution in [0.5, 0.6) is 0 Å². The Hall–Kier alpha value is -2.28. The minimum atomic E-state index is -1.21. The third-order valence-electron chi connectivity index (χ3n) is 2.56. The van der Waals surface area contributed by atoms with E-state index in [0.29, 0.717) is 6.54 Å². The van der Waals surface area contributed by atoms with Gasteiger partial charge in [0, 0.05) is 18.6 Å². The number of aromatic carboxylic acids is 1. The van der Waals surface area contributed by atoms with Crippen molar-refractivity contribution in [1.82, 2.24) is 10.2 Å². The molecule has 1 rings (SSSR count). The van der Waals surface area contributed by atoms with Gasteiger partial charge in [-0.15, -0.1) is 0 Å². The summed E-state index contributed by atoms with van der Waals surface area (Å²) < 4.78 is 0. The maximum absolute atomic E-state index is 11.9. The Bertz CT molecular complexity index is 562. The number of benzene rings is 1. The van der Waals surface area contributed by atoms with Gasteiger partial charge < -0.3 is 20.6 Å². The van der Waals surface area contributed by atoms with Crippen LogP contribution in [-0.2, 0) is 4.79 Å². The number of anilines is 1. The van der Waals surface area contributed by atoms with Crippen molar-refractivity contribution >= 4 is 35.2 Å². The number of hydrogen-bond donors (Lipinski definition) is 3. The quantitative estimate of drug-likeness (QED) is 0.769. The van der Waals surface area contributed by atoms with Gasteiger partial charge in [0.25, 0.3) is 0 Å². The van der Waals surface area contributed by atoms with E-state index in [9.17, 15) is 14.4 Å². The molecule has 21 heavy (non-hydrogen) atoms. The first-order chi connectivity index (χ1) is 9.85. The molecular formula is C13H16ClN3O4. The van der Waals surface area contributed by atoms with Gasteiger partial charge in [0.2, 0.25) is 5.91 Å². The van der Waals surface area contributed by atoms with Crippen LogP contribution in [0.4, 0.5) is 10.5 Å². The SMILES string of the molecule is CCNC(=O)CN(C)C(=O)Nc1ccc(Cl)cc1C(=O)O. The summed E-state index contributed by atoms with van der Waals surface area (Å²) in [5, 5.41) is 14.3. The van der Waals surface area contributed by atoms with Crippen molar-refractivity contribution in [2.45, 2.75) is 6.92 Å². The first kappa shape index (κ1) is 16.8. The van der Waals surface area contributed by atoms with Crippen molar-refractivity contribution in [2.75, 3.05) is 25.5 Å². The number of halogens is 1. The molecule has 0 heterocycles. The molecule has 0 atom stereocenters. The highest BCUT2D eigenvalue weighted by atomic mass is 35.5. The fourth-order valence-corrected chi connectivity index (χ4v) is 1.73. The summed E-state index contributed by atoms with van der Waals surface area (Å²) in [5.74, 6) is -1.51. The zero-order valence-corrected chi connectivity index (χ0v) is 12.4. The summed E-state index contributed by atoms with van der Waals surface area (Å²) >= 11 is 5.72. The van der Waals surface area contributed by atoms with Crippen molar-refractivity contribution in [3.8, 4) is 0 Å². The van der Waals surface area contributed by atoms with E-state index in [1.807, 2.05) is 0 Å². The molecular weight excluding hydrogens is 298 g/mol. The molecule has 0 spiro atoms. The van der Waals surface area contributed by atoms with Crippen LogP contribution in [0.25, 0.3) is 0 Å². The second-order valence-corrected chi connectivity index (χ2v) is 4.67. The summed E-state index contributed by atoms with van der Waals surface area (Å²) in [6.07, 6.45) is 0.